The van der Waals surface area contributed by atoms with Crippen LogP contribution in [0.4, 0.5) is 5.69 Å². The topological polar surface area (TPSA) is 77.8 Å². The van der Waals surface area contributed by atoms with Crippen molar-refractivity contribution in [2.75, 3.05) is 25.2 Å². The number of rotatable bonds is 7. The van der Waals surface area contributed by atoms with Crippen LogP contribution in [0.25, 0.3) is 11.6 Å². The van der Waals surface area contributed by atoms with E-state index in [1.165, 1.54) is 0 Å². The molecule has 2 aromatic carbocycles. The van der Waals surface area contributed by atoms with Crippen molar-refractivity contribution < 1.29 is 23.9 Å². The molecular weight excluding hydrogens is 444 g/mol. The summed E-state index contributed by atoms with van der Waals surface area (Å²) >= 11 is 0. The van der Waals surface area contributed by atoms with Crippen molar-refractivity contribution in [1.29, 1.82) is 0 Å². The van der Waals surface area contributed by atoms with Gasteiger partial charge in [-0.15, -0.1) is 0 Å². The lowest BCUT2D eigenvalue weighted by Crippen LogP contribution is -2.41. The molecule has 0 saturated heterocycles. The molecule has 0 fully saturated rings. The first-order valence-corrected chi connectivity index (χ1v) is 11.5. The first-order valence-electron chi connectivity index (χ1n) is 11.5. The van der Waals surface area contributed by atoms with Gasteiger partial charge < -0.3 is 14.0 Å². The number of methoxy groups -OCH3 is 1. The minimum absolute atomic E-state index is 0.265. The Labute approximate surface area is 204 Å². The maximum atomic E-state index is 13.7. The Hall–Kier alpha value is -3.97. The van der Waals surface area contributed by atoms with Gasteiger partial charge in [0.15, 0.2) is 0 Å². The summed E-state index contributed by atoms with van der Waals surface area (Å²) in [6, 6.07) is 15.4. The third-order valence-electron chi connectivity index (χ3n) is 6.15. The zero-order valence-corrected chi connectivity index (χ0v) is 20.3. The number of imide groups is 1. The van der Waals surface area contributed by atoms with E-state index < -0.39 is 17.8 Å². The fraction of sp³-hybridized carbons (Fsp3) is 0.250. The SMILES string of the molecule is CCOC(=O)c1ccc(N2C(=O)C(=Cc3cc(C)n(CCOC)c3C)c3ccccc3C2=O)cc1. The fourth-order valence-electron chi connectivity index (χ4n) is 4.34. The van der Waals surface area contributed by atoms with Crippen molar-refractivity contribution in [3.63, 3.8) is 0 Å². The second-order valence-corrected chi connectivity index (χ2v) is 8.29. The second-order valence-electron chi connectivity index (χ2n) is 8.29. The number of hydrogen-bond acceptors (Lipinski definition) is 5. The van der Waals surface area contributed by atoms with Gasteiger partial charge in [0.1, 0.15) is 0 Å². The first-order chi connectivity index (χ1) is 16.9. The van der Waals surface area contributed by atoms with Gasteiger partial charge in [-0.05, 0) is 74.4 Å². The first kappa shape index (κ1) is 24.2. The second kappa shape index (κ2) is 10.1. The predicted molar refractivity (Wildman–Crippen MR) is 134 cm³/mol. The molecule has 7 heteroatoms. The van der Waals surface area contributed by atoms with Crippen LogP contribution in [0.15, 0.2) is 54.6 Å². The quantitative estimate of drug-likeness (QED) is 0.284. The van der Waals surface area contributed by atoms with Gasteiger partial charge in [0, 0.05) is 36.2 Å². The molecule has 0 saturated carbocycles. The van der Waals surface area contributed by atoms with Crippen molar-refractivity contribution in [2.45, 2.75) is 27.3 Å². The van der Waals surface area contributed by atoms with E-state index in [0.717, 1.165) is 21.9 Å². The van der Waals surface area contributed by atoms with Crippen LogP contribution in [0.1, 0.15) is 50.2 Å². The highest BCUT2D eigenvalue weighted by Crippen LogP contribution is 2.34. The zero-order chi connectivity index (χ0) is 25.1. The average Bonchev–Trinajstić information content (AvgIpc) is 3.13. The summed E-state index contributed by atoms with van der Waals surface area (Å²) < 4.78 is 12.4. The molecule has 1 aromatic heterocycles. The molecule has 35 heavy (non-hydrogen) atoms. The Balaban J connectivity index is 1.78. The highest BCUT2D eigenvalue weighted by molar-refractivity contribution is 6.43. The van der Waals surface area contributed by atoms with Gasteiger partial charge in [0.25, 0.3) is 11.8 Å². The van der Waals surface area contributed by atoms with Crippen LogP contribution in [0.3, 0.4) is 0 Å². The predicted octanol–water partition coefficient (Wildman–Crippen LogP) is 4.66. The average molecular weight is 473 g/mol. The van der Waals surface area contributed by atoms with E-state index in [2.05, 4.69) is 4.57 Å². The monoisotopic (exact) mass is 472 g/mol. The normalized spacial score (nSPS) is 14.4. The Bertz CT molecular complexity index is 1320. The van der Waals surface area contributed by atoms with Crippen molar-refractivity contribution in [3.8, 4) is 0 Å². The molecule has 0 spiro atoms. The number of esters is 1. The summed E-state index contributed by atoms with van der Waals surface area (Å²) in [5.41, 5.74) is 5.20. The van der Waals surface area contributed by atoms with Crippen LogP contribution in [0.2, 0.25) is 0 Å². The van der Waals surface area contributed by atoms with Crippen molar-refractivity contribution in [2.24, 2.45) is 0 Å². The third-order valence-corrected chi connectivity index (χ3v) is 6.15. The number of aromatic nitrogens is 1. The molecule has 0 N–H and O–H groups in total. The summed E-state index contributed by atoms with van der Waals surface area (Å²) in [7, 11) is 1.67. The van der Waals surface area contributed by atoms with Gasteiger partial charge in [-0.3, -0.25) is 9.59 Å². The van der Waals surface area contributed by atoms with E-state index in [1.54, 1.807) is 56.5 Å². The van der Waals surface area contributed by atoms with Gasteiger partial charge in [-0.2, -0.15) is 0 Å². The molecule has 0 radical (unpaired) electrons. The number of ether oxygens (including phenoxy) is 2. The van der Waals surface area contributed by atoms with Crippen LogP contribution >= 0.6 is 0 Å². The van der Waals surface area contributed by atoms with Crippen LogP contribution in [0.5, 0.6) is 0 Å². The van der Waals surface area contributed by atoms with E-state index in [9.17, 15) is 14.4 Å². The van der Waals surface area contributed by atoms with Crippen LogP contribution in [-0.4, -0.2) is 42.7 Å². The number of carbonyl (C=O) groups excluding carboxylic acids is 3. The number of amides is 2. The molecule has 0 atom stereocenters. The zero-order valence-electron chi connectivity index (χ0n) is 20.3. The molecule has 1 aliphatic rings. The highest BCUT2D eigenvalue weighted by Gasteiger charge is 2.36. The molecule has 2 heterocycles. The lowest BCUT2D eigenvalue weighted by molar-refractivity contribution is -0.112. The Morgan fingerprint density at radius 2 is 1.66 bits per heavy atom. The standard InChI is InChI=1S/C28H28N2O5/c1-5-35-28(33)20-10-12-22(13-11-20)30-26(31)24-9-7-6-8-23(24)25(27(30)32)17-21-16-18(2)29(19(21)3)14-15-34-4/h6-13,16-17H,5,14-15H2,1-4H3. The van der Waals surface area contributed by atoms with Gasteiger partial charge >= 0.3 is 5.97 Å². The number of benzene rings is 2. The molecule has 0 unspecified atom stereocenters. The lowest BCUT2D eigenvalue weighted by Gasteiger charge is -2.28. The van der Waals surface area contributed by atoms with Crippen molar-refractivity contribution in [1.82, 2.24) is 4.57 Å². The molecule has 3 aromatic rings. The molecule has 4 rings (SSSR count). The molecule has 2 amide bonds. The van der Waals surface area contributed by atoms with Crippen LogP contribution in [-0.2, 0) is 20.8 Å². The van der Waals surface area contributed by atoms with Gasteiger partial charge in [-0.25, -0.2) is 9.69 Å². The minimum Gasteiger partial charge on any atom is -0.462 e. The van der Waals surface area contributed by atoms with E-state index in [4.69, 9.17) is 9.47 Å². The lowest BCUT2D eigenvalue weighted by atomic mass is 9.91. The Kier molecular flexibility index (Phi) is 6.98. The van der Waals surface area contributed by atoms with E-state index in [1.807, 2.05) is 32.1 Å². The van der Waals surface area contributed by atoms with Gasteiger partial charge in [-0.1, -0.05) is 18.2 Å². The molecule has 0 bridgehead atoms. The number of fused-ring (bicyclic) bond motifs is 1. The number of nitrogens with zero attached hydrogens (tertiary/aromatic N) is 2. The van der Waals surface area contributed by atoms with E-state index in [-0.39, 0.29) is 6.61 Å². The number of carbonyl (C=O) groups is 3. The third kappa shape index (κ3) is 4.55. The van der Waals surface area contributed by atoms with Crippen molar-refractivity contribution in [3.05, 3.63) is 88.2 Å². The summed E-state index contributed by atoms with van der Waals surface area (Å²) in [4.78, 5) is 40.3. The number of anilines is 1. The van der Waals surface area contributed by atoms with E-state index >= 15 is 0 Å². The van der Waals surface area contributed by atoms with Gasteiger partial charge in [0.05, 0.1) is 24.5 Å². The Morgan fingerprint density at radius 3 is 2.31 bits per heavy atom. The smallest absolute Gasteiger partial charge is 0.338 e. The molecular formula is C28H28N2O5. The maximum absolute atomic E-state index is 13.7. The van der Waals surface area contributed by atoms with Crippen molar-refractivity contribution >= 4 is 35.1 Å². The van der Waals surface area contributed by atoms with E-state index in [0.29, 0.717) is 41.1 Å². The highest BCUT2D eigenvalue weighted by atomic mass is 16.5. The largest absolute Gasteiger partial charge is 0.462 e. The van der Waals surface area contributed by atoms with Gasteiger partial charge in [0.2, 0.25) is 0 Å². The fourth-order valence-corrected chi connectivity index (χ4v) is 4.34. The molecule has 1 aliphatic heterocycles. The molecule has 0 aliphatic carbocycles. The summed E-state index contributed by atoms with van der Waals surface area (Å²) in [5.74, 6) is -1.28. The summed E-state index contributed by atoms with van der Waals surface area (Å²) in [5, 5.41) is 0. The van der Waals surface area contributed by atoms with Crippen LogP contribution in [0, 0.1) is 13.8 Å². The molecule has 7 nitrogen and oxygen atoms in total. The minimum atomic E-state index is -0.454. The number of aryl methyl sites for hydroxylation is 1. The molecule has 180 valence electrons. The maximum Gasteiger partial charge on any atom is 0.338 e. The number of hydrogen-bond donors (Lipinski definition) is 0. The summed E-state index contributed by atoms with van der Waals surface area (Å²) in [6.07, 6.45) is 1.85. The van der Waals surface area contributed by atoms with Crippen LogP contribution < -0.4 is 4.90 Å². The Morgan fingerprint density at radius 1 is 0.971 bits per heavy atom. The summed E-state index contributed by atoms with van der Waals surface area (Å²) in [6.45, 7) is 7.31.